The number of aliphatic hydroxyl groups excluding tert-OH is 1. The number of ether oxygens (including phenoxy) is 2. The number of aliphatic hydroxyl groups is 1. The molecular weight excluding hydrogens is 399 g/mol. The average Bonchev–Trinajstić information content (AvgIpc) is 3.41. The highest BCUT2D eigenvalue weighted by Gasteiger charge is 2.24. The van der Waals surface area contributed by atoms with Crippen LogP contribution in [0, 0.1) is 5.82 Å². The van der Waals surface area contributed by atoms with E-state index in [-0.39, 0.29) is 24.1 Å². The van der Waals surface area contributed by atoms with Crippen LogP contribution in [-0.4, -0.2) is 35.0 Å². The second-order valence-corrected chi connectivity index (χ2v) is 7.27. The number of anilines is 2. The molecular formula is C23H21FN4O3. The Kier molecular flexibility index (Phi) is 4.83. The maximum atomic E-state index is 15.0. The standard InChI is InChI=1S/C23H21FN4O3/c1-30-19-9-14(22(29)15-11-26-23-13(15)5-4-8-25-23)16(24)10-20(19)31-12-21-27-17-6-2-3-7-18(17)28-21/h2-11,21-22,27-29H,12H2,1H3,(H,25,26). The van der Waals surface area contributed by atoms with E-state index in [1.807, 2.05) is 30.3 Å². The fourth-order valence-corrected chi connectivity index (χ4v) is 3.81. The number of nitrogens with zero attached hydrogens (tertiary/aromatic N) is 1. The third kappa shape index (κ3) is 3.51. The molecule has 31 heavy (non-hydrogen) atoms. The minimum Gasteiger partial charge on any atom is -0.493 e. The van der Waals surface area contributed by atoms with Crippen LogP contribution in [0.2, 0.25) is 0 Å². The molecule has 0 fully saturated rings. The lowest BCUT2D eigenvalue weighted by atomic mass is 10.0. The summed E-state index contributed by atoms with van der Waals surface area (Å²) in [6.07, 6.45) is 1.94. The molecule has 5 rings (SSSR count). The van der Waals surface area contributed by atoms with Crippen LogP contribution >= 0.6 is 0 Å². The van der Waals surface area contributed by atoms with E-state index in [4.69, 9.17) is 9.47 Å². The molecule has 7 nitrogen and oxygen atoms in total. The van der Waals surface area contributed by atoms with Crippen LogP contribution in [0.5, 0.6) is 11.5 Å². The molecule has 158 valence electrons. The lowest BCUT2D eigenvalue weighted by molar-refractivity contribution is 0.214. The van der Waals surface area contributed by atoms with Gasteiger partial charge in [-0.25, -0.2) is 9.37 Å². The number of pyridine rings is 1. The quantitative estimate of drug-likeness (QED) is 0.376. The lowest BCUT2D eigenvalue weighted by Gasteiger charge is -2.18. The number of hydrogen-bond donors (Lipinski definition) is 4. The summed E-state index contributed by atoms with van der Waals surface area (Å²) in [6.45, 7) is 0.250. The predicted molar refractivity (Wildman–Crippen MR) is 116 cm³/mol. The first-order chi connectivity index (χ1) is 15.1. The van der Waals surface area contributed by atoms with E-state index in [1.165, 1.54) is 19.2 Å². The first-order valence-corrected chi connectivity index (χ1v) is 9.86. The van der Waals surface area contributed by atoms with Gasteiger partial charge in [0.05, 0.1) is 18.5 Å². The van der Waals surface area contributed by atoms with Gasteiger partial charge in [-0.3, -0.25) is 0 Å². The molecule has 0 saturated carbocycles. The van der Waals surface area contributed by atoms with Gasteiger partial charge in [0.1, 0.15) is 30.3 Å². The van der Waals surface area contributed by atoms with E-state index in [1.54, 1.807) is 18.5 Å². The number of aromatic nitrogens is 2. The number of benzene rings is 2. The van der Waals surface area contributed by atoms with Crippen LogP contribution in [0.1, 0.15) is 17.2 Å². The normalized spacial score (nSPS) is 14.0. The van der Waals surface area contributed by atoms with Gasteiger partial charge in [-0.05, 0) is 30.3 Å². The number of rotatable bonds is 6. The molecule has 0 aliphatic carbocycles. The number of hydrogen-bond acceptors (Lipinski definition) is 6. The van der Waals surface area contributed by atoms with Crippen molar-refractivity contribution in [1.82, 2.24) is 9.97 Å². The molecule has 1 aliphatic heterocycles. The van der Waals surface area contributed by atoms with Crippen molar-refractivity contribution < 1.29 is 19.0 Å². The Hall–Kier alpha value is -3.78. The highest BCUT2D eigenvalue weighted by Crippen LogP contribution is 2.37. The minimum absolute atomic E-state index is 0.0958. The molecule has 1 aliphatic rings. The van der Waals surface area contributed by atoms with Crippen molar-refractivity contribution in [2.75, 3.05) is 24.4 Å². The fourth-order valence-electron chi connectivity index (χ4n) is 3.81. The Bertz CT molecular complexity index is 1220. The summed E-state index contributed by atoms with van der Waals surface area (Å²) in [5, 5.41) is 18.2. The summed E-state index contributed by atoms with van der Waals surface area (Å²) in [5.41, 5.74) is 3.23. The van der Waals surface area contributed by atoms with Gasteiger partial charge in [0.15, 0.2) is 11.5 Å². The van der Waals surface area contributed by atoms with E-state index < -0.39 is 11.9 Å². The topological polar surface area (TPSA) is 91.4 Å². The number of H-pyrrole nitrogens is 1. The summed E-state index contributed by atoms with van der Waals surface area (Å²) in [4.78, 5) is 7.20. The van der Waals surface area contributed by atoms with E-state index in [0.717, 1.165) is 16.8 Å². The maximum Gasteiger partial charge on any atom is 0.164 e. The largest absolute Gasteiger partial charge is 0.493 e. The first kappa shape index (κ1) is 19.2. The van der Waals surface area contributed by atoms with Gasteiger partial charge in [0.25, 0.3) is 0 Å². The molecule has 2 aromatic heterocycles. The van der Waals surface area contributed by atoms with Crippen molar-refractivity contribution in [1.29, 1.82) is 0 Å². The van der Waals surface area contributed by atoms with Gasteiger partial charge in [0, 0.05) is 35.0 Å². The molecule has 2 aromatic carbocycles. The Morgan fingerprint density at radius 2 is 1.84 bits per heavy atom. The molecule has 4 aromatic rings. The SMILES string of the molecule is COc1cc(C(O)c2c[nH]c3ncccc23)c(F)cc1OCC1Nc2ccccc2N1. The average molecular weight is 420 g/mol. The van der Waals surface area contributed by atoms with E-state index in [2.05, 4.69) is 20.6 Å². The zero-order chi connectivity index (χ0) is 21.4. The van der Waals surface area contributed by atoms with Gasteiger partial charge in [-0.2, -0.15) is 0 Å². The molecule has 8 heteroatoms. The van der Waals surface area contributed by atoms with Gasteiger partial charge in [0.2, 0.25) is 0 Å². The second-order valence-electron chi connectivity index (χ2n) is 7.27. The van der Waals surface area contributed by atoms with E-state index >= 15 is 0 Å². The van der Waals surface area contributed by atoms with Gasteiger partial charge < -0.3 is 30.2 Å². The first-order valence-electron chi connectivity index (χ1n) is 9.86. The molecule has 0 saturated heterocycles. The van der Waals surface area contributed by atoms with E-state index in [0.29, 0.717) is 17.0 Å². The van der Waals surface area contributed by atoms with Crippen molar-refractivity contribution in [3.8, 4) is 11.5 Å². The van der Waals surface area contributed by atoms with Crippen LogP contribution in [0.3, 0.4) is 0 Å². The number of halogens is 1. The molecule has 0 bridgehead atoms. The maximum absolute atomic E-state index is 15.0. The minimum atomic E-state index is -1.19. The van der Waals surface area contributed by atoms with Crippen LogP contribution < -0.4 is 20.1 Å². The highest BCUT2D eigenvalue weighted by molar-refractivity contribution is 5.80. The number of para-hydroxylation sites is 2. The highest BCUT2D eigenvalue weighted by atomic mass is 19.1. The van der Waals surface area contributed by atoms with Crippen LogP contribution in [0.4, 0.5) is 15.8 Å². The Labute approximate surface area is 177 Å². The molecule has 0 amide bonds. The predicted octanol–water partition coefficient (Wildman–Crippen LogP) is 4.03. The number of aromatic amines is 1. The zero-order valence-electron chi connectivity index (χ0n) is 16.7. The smallest absolute Gasteiger partial charge is 0.164 e. The molecule has 0 radical (unpaired) electrons. The molecule has 1 atom stereocenters. The van der Waals surface area contributed by atoms with Crippen molar-refractivity contribution in [2.45, 2.75) is 12.3 Å². The summed E-state index contributed by atoms with van der Waals surface area (Å²) in [5.74, 6) is 0.0113. The van der Waals surface area contributed by atoms with Crippen molar-refractivity contribution in [2.24, 2.45) is 0 Å². The monoisotopic (exact) mass is 420 g/mol. The molecule has 0 spiro atoms. The Morgan fingerprint density at radius 1 is 1.06 bits per heavy atom. The Balaban J connectivity index is 1.37. The third-order valence-electron chi connectivity index (χ3n) is 5.35. The van der Waals surface area contributed by atoms with E-state index in [9.17, 15) is 9.50 Å². The number of methoxy groups -OCH3 is 1. The summed E-state index contributed by atoms with van der Waals surface area (Å²) < 4.78 is 26.2. The number of fused-ring (bicyclic) bond motifs is 2. The van der Waals surface area contributed by atoms with Crippen LogP contribution in [-0.2, 0) is 0 Å². The summed E-state index contributed by atoms with van der Waals surface area (Å²) in [6, 6.07) is 14.1. The van der Waals surface area contributed by atoms with Crippen molar-refractivity contribution in [3.05, 3.63) is 77.9 Å². The second kappa shape index (κ2) is 7.81. The van der Waals surface area contributed by atoms with Crippen LogP contribution in [0.25, 0.3) is 11.0 Å². The Morgan fingerprint density at radius 3 is 2.58 bits per heavy atom. The fraction of sp³-hybridized carbons (Fsp3) is 0.174. The lowest BCUT2D eigenvalue weighted by Crippen LogP contribution is -2.29. The number of nitrogens with one attached hydrogen (secondary N) is 3. The van der Waals surface area contributed by atoms with Gasteiger partial charge in [-0.15, -0.1) is 0 Å². The molecule has 1 unspecified atom stereocenters. The zero-order valence-corrected chi connectivity index (χ0v) is 16.7. The van der Waals surface area contributed by atoms with Gasteiger partial charge in [-0.1, -0.05) is 12.1 Å². The van der Waals surface area contributed by atoms with Crippen molar-refractivity contribution >= 4 is 22.4 Å². The van der Waals surface area contributed by atoms with Crippen LogP contribution in [0.15, 0.2) is 60.9 Å². The van der Waals surface area contributed by atoms with Crippen molar-refractivity contribution in [3.63, 3.8) is 0 Å². The molecule has 4 N–H and O–H groups in total. The van der Waals surface area contributed by atoms with Gasteiger partial charge >= 0.3 is 0 Å². The summed E-state index contributed by atoms with van der Waals surface area (Å²) in [7, 11) is 1.48. The molecule has 3 heterocycles. The summed E-state index contributed by atoms with van der Waals surface area (Å²) >= 11 is 0. The third-order valence-corrected chi connectivity index (χ3v) is 5.35.